The highest BCUT2D eigenvalue weighted by atomic mass is 16.4. The monoisotopic (exact) mass is 256 g/mol. The van der Waals surface area contributed by atoms with Crippen molar-refractivity contribution in [2.45, 2.75) is 46.1 Å². The van der Waals surface area contributed by atoms with Crippen molar-refractivity contribution in [2.75, 3.05) is 33.2 Å². The predicted octanol–water partition coefficient (Wildman–Crippen LogP) is 1.90. The van der Waals surface area contributed by atoms with E-state index in [0.29, 0.717) is 6.04 Å². The predicted molar refractivity (Wildman–Crippen MR) is 73.8 cm³/mol. The van der Waals surface area contributed by atoms with Crippen LogP contribution in [0.15, 0.2) is 0 Å². The van der Waals surface area contributed by atoms with Crippen molar-refractivity contribution >= 4 is 5.97 Å². The standard InChI is InChI=1S/C14H28N2O2/c1-5-8-16-9-12(6-7-13(17)18)15(4)10-14(2,3)11-16/h12H,5-11H2,1-4H3,(H,17,18). The summed E-state index contributed by atoms with van der Waals surface area (Å²) in [5.74, 6) is -0.686. The van der Waals surface area contributed by atoms with Crippen molar-refractivity contribution in [1.82, 2.24) is 9.80 Å². The van der Waals surface area contributed by atoms with Crippen LogP contribution < -0.4 is 0 Å². The van der Waals surface area contributed by atoms with Gasteiger partial charge in [0.15, 0.2) is 0 Å². The van der Waals surface area contributed by atoms with E-state index in [-0.39, 0.29) is 11.8 Å². The molecule has 0 aromatic rings. The molecule has 1 saturated heterocycles. The highest BCUT2D eigenvalue weighted by molar-refractivity contribution is 5.66. The van der Waals surface area contributed by atoms with Crippen LogP contribution in [0.4, 0.5) is 0 Å². The summed E-state index contributed by atoms with van der Waals surface area (Å²) >= 11 is 0. The minimum absolute atomic E-state index is 0.273. The molecule has 0 saturated carbocycles. The maximum atomic E-state index is 10.7. The molecule has 1 N–H and O–H groups in total. The number of carboxylic acid groups (broad SMARTS) is 1. The first kappa shape index (κ1) is 15.4. The maximum absolute atomic E-state index is 10.7. The largest absolute Gasteiger partial charge is 0.481 e. The molecule has 18 heavy (non-hydrogen) atoms. The topological polar surface area (TPSA) is 43.8 Å². The molecule has 0 aromatic carbocycles. The van der Waals surface area contributed by atoms with Gasteiger partial charge in [-0.05, 0) is 31.8 Å². The first-order chi connectivity index (χ1) is 8.34. The van der Waals surface area contributed by atoms with Gasteiger partial charge in [0.1, 0.15) is 0 Å². The van der Waals surface area contributed by atoms with E-state index in [0.717, 1.165) is 39.0 Å². The first-order valence-corrected chi connectivity index (χ1v) is 6.98. The van der Waals surface area contributed by atoms with Gasteiger partial charge >= 0.3 is 5.97 Å². The zero-order valence-electron chi connectivity index (χ0n) is 12.3. The summed E-state index contributed by atoms with van der Waals surface area (Å²) in [4.78, 5) is 15.6. The van der Waals surface area contributed by atoms with Gasteiger partial charge in [-0.15, -0.1) is 0 Å². The lowest BCUT2D eigenvalue weighted by Crippen LogP contribution is -2.39. The van der Waals surface area contributed by atoms with Crippen molar-refractivity contribution in [3.8, 4) is 0 Å². The van der Waals surface area contributed by atoms with Crippen LogP contribution in [-0.2, 0) is 4.79 Å². The fraction of sp³-hybridized carbons (Fsp3) is 0.929. The molecule has 1 fully saturated rings. The summed E-state index contributed by atoms with van der Waals surface area (Å²) in [6.45, 7) is 11.1. The molecule has 4 heteroatoms. The van der Waals surface area contributed by atoms with Crippen molar-refractivity contribution in [2.24, 2.45) is 5.41 Å². The van der Waals surface area contributed by atoms with E-state index in [1.807, 2.05) is 0 Å². The molecule has 1 aliphatic rings. The Hall–Kier alpha value is -0.610. The summed E-state index contributed by atoms with van der Waals surface area (Å²) in [5, 5.41) is 8.84. The second kappa shape index (κ2) is 6.53. The van der Waals surface area contributed by atoms with Crippen LogP contribution in [0.2, 0.25) is 0 Å². The maximum Gasteiger partial charge on any atom is 0.303 e. The van der Waals surface area contributed by atoms with Gasteiger partial charge in [-0.3, -0.25) is 4.79 Å². The molecule has 1 heterocycles. The van der Waals surface area contributed by atoms with E-state index in [1.54, 1.807) is 0 Å². The molecule has 1 unspecified atom stereocenters. The molecular weight excluding hydrogens is 228 g/mol. The van der Waals surface area contributed by atoms with Crippen molar-refractivity contribution in [1.29, 1.82) is 0 Å². The Morgan fingerprint density at radius 1 is 1.39 bits per heavy atom. The molecule has 0 aromatic heterocycles. The molecule has 0 aliphatic carbocycles. The fourth-order valence-electron chi connectivity index (χ4n) is 3.05. The van der Waals surface area contributed by atoms with Gasteiger partial charge in [-0.2, -0.15) is 0 Å². The van der Waals surface area contributed by atoms with Gasteiger partial charge in [0.25, 0.3) is 0 Å². The van der Waals surface area contributed by atoms with Crippen LogP contribution >= 0.6 is 0 Å². The van der Waals surface area contributed by atoms with E-state index in [1.165, 1.54) is 0 Å². The lowest BCUT2D eigenvalue weighted by atomic mass is 9.92. The van der Waals surface area contributed by atoms with Gasteiger partial charge in [0.2, 0.25) is 0 Å². The molecule has 0 bridgehead atoms. The third-order valence-electron chi connectivity index (χ3n) is 3.65. The number of likely N-dealkylation sites (N-methyl/N-ethyl adjacent to an activating group) is 1. The highest BCUT2D eigenvalue weighted by Gasteiger charge is 2.31. The first-order valence-electron chi connectivity index (χ1n) is 6.98. The molecule has 106 valence electrons. The number of hydrogen-bond acceptors (Lipinski definition) is 3. The average Bonchev–Trinajstić information content (AvgIpc) is 2.31. The summed E-state index contributed by atoms with van der Waals surface area (Å²) < 4.78 is 0. The number of aliphatic carboxylic acids is 1. The van der Waals surface area contributed by atoms with Gasteiger partial charge in [0.05, 0.1) is 0 Å². The Morgan fingerprint density at radius 2 is 2.06 bits per heavy atom. The lowest BCUT2D eigenvalue weighted by molar-refractivity contribution is -0.137. The van der Waals surface area contributed by atoms with Gasteiger partial charge < -0.3 is 14.9 Å². The van der Waals surface area contributed by atoms with Crippen LogP contribution in [0.25, 0.3) is 0 Å². The minimum atomic E-state index is -0.686. The third kappa shape index (κ3) is 4.94. The normalized spacial score (nSPS) is 25.9. The Bertz CT molecular complexity index is 279. The van der Waals surface area contributed by atoms with E-state index in [2.05, 4.69) is 37.6 Å². The van der Waals surface area contributed by atoms with Crippen LogP contribution in [0.5, 0.6) is 0 Å². The molecule has 0 radical (unpaired) electrons. The summed E-state index contributed by atoms with van der Waals surface area (Å²) in [7, 11) is 2.13. The minimum Gasteiger partial charge on any atom is -0.481 e. The fourth-order valence-corrected chi connectivity index (χ4v) is 3.05. The van der Waals surface area contributed by atoms with Crippen LogP contribution in [0, 0.1) is 5.41 Å². The zero-order chi connectivity index (χ0) is 13.8. The number of carboxylic acids is 1. The van der Waals surface area contributed by atoms with Gasteiger partial charge in [0, 0.05) is 32.1 Å². The Labute approximate surface area is 111 Å². The zero-order valence-corrected chi connectivity index (χ0v) is 12.3. The second-order valence-corrected chi connectivity index (χ2v) is 6.40. The van der Waals surface area contributed by atoms with Gasteiger partial charge in [-0.25, -0.2) is 0 Å². The summed E-state index contributed by atoms with van der Waals surface area (Å²) in [6.07, 6.45) is 2.18. The smallest absolute Gasteiger partial charge is 0.303 e. The molecule has 0 spiro atoms. The number of hydrogen-bond donors (Lipinski definition) is 1. The van der Waals surface area contributed by atoms with Gasteiger partial charge in [-0.1, -0.05) is 20.8 Å². The van der Waals surface area contributed by atoms with Crippen molar-refractivity contribution < 1.29 is 9.90 Å². The Morgan fingerprint density at radius 3 is 2.61 bits per heavy atom. The quantitative estimate of drug-likeness (QED) is 0.816. The summed E-state index contributed by atoms with van der Waals surface area (Å²) in [6, 6.07) is 0.370. The molecular formula is C14H28N2O2. The lowest BCUT2D eigenvalue weighted by Gasteiger charge is -2.30. The molecule has 0 amide bonds. The second-order valence-electron chi connectivity index (χ2n) is 6.40. The van der Waals surface area contributed by atoms with E-state index < -0.39 is 5.97 Å². The highest BCUT2D eigenvalue weighted by Crippen LogP contribution is 2.25. The van der Waals surface area contributed by atoms with E-state index in [4.69, 9.17) is 5.11 Å². The number of carbonyl (C=O) groups is 1. The van der Waals surface area contributed by atoms with Crippen molar-refractivity contribution in [3.05, 3.63) is 0 Å². The molecule has 1 atom stereocenters. The van der Waals surface area contributed by atoms with Crippen molar-refractivity contribution in [3.63, 3.8) is 0 Å². The Balaban J connectivity index is 2.67. The molecule has 1 rings (SSSR count). The summed E-state index contributed by atoms with van der Waals surface area (Å²) in [5.41, 5.74) is 0.280. The number of rotatable bonds is 5. The third-order valence-corrected chi connectivity index (χ3v) is 3.65. The van der Waals surface area contributed by atoms with Crippen LogP contribution in [-0.4, -0.2) is 60.1 Å². The average molecular weight is 256 g/mol. The van der Waals surface area contributed by atoms with E-state index in [9.17, 15) is 4.79 Å². The van der Waals surface area contributed by atoms with Crippen LogP contribution in [0.3, 0.4) is 0 Å². The SMILES string of the molecule is CCCN1CC(CCC(=O)O)N(C)CC(C)(C)C1. The Kier molecular flexibility index (Phi) is 5.60. The molecule has 1 aliphatic heterocycles. The molecule has 4 nitrogen and oxygen atoms in total. The van der Waals surface area contributed by atoms with E-state index >= 15 is 0 Å². The number of nitrogens with zero attached hydrogens (tertiary/aromatic N) is 2. The van der Waals surface area contributed by atoms with Crippen LogP contribution in [0.1, 0.15) is 40.0 Å².